The fourth-order valence-corrected chi connectivity index (χ4v) is 2.41. The minimum atomic E-state index is -0.354. The topological polar surface area (TPSA) is 48.1 Å². The number of fused-ring (bicyclic) bond motifs is 1. The largest absolute Gasteiger partial charge is 0.347 e. The average Bonchev–Trinajstić information content (AvgIpc) is 2.72. The molecule has 0 saturated carbocycles. The second-order valence-electron chi connectivity index (χ2n) is 3.91. The van der Waals surface area contributed by atoms with Crippen molar-refractivity contribution in [1.82, 2.24) is 4.57 Å². The Morgan fingerprint density at radius 1 is 1.29 bits per heavy atom. The molecule has 2 aromatic rings. The SMILES string of the molecule is O=[N+]([O-])c1ccc2c(ccn2CCCCI)c1. The van der Waals surface area contributed by atoms with Crippen LogP contribution in [0.5, 0.6) is 0 Å². The molecule has 1 aromatic carbocycles. The first-order chi connectivity index (χ1) is 8.22. The molecule has 0 radical (unpaired) electrons. The van der Waals surface area contributed by atoms with Crippen LogP contribution < -0.4 is 0 Å². The van der Waals surface area contributed by atoms with Gasteiger partial charge in [-0.1, -0.05) is 22.6 Å². The maximum atomic E-state index is 10.7. The van der Waals surface area contributed by atoms with Crippen molar-refractivity contribution in [2.45, 2.75) is 19.4 Å². The summed E-state index contributed by atoms with van der Waals surface area (Å²) in [5.41, 5.74) is 1.23. The Labute approximate surface area is 113 Å². The lowest BCUT2D eigenvalue weighted by Crippen LogP contribution is -1.96. The van der Waals surface area contributed by atoms with Crippen LogP contribution in [-0.2, 0) is 6.54 Å². The zero-order valence-electron chi connectivity index (χ0n) is 9.30. The highest BCUT2D eigenvalue weighted by atomic mass is 127. The van der Waals surface area contributed by atoms with Crippen LogP contribution in [0.25, 0.3) is 10.9 Å². The van der Waals surface area contributed by atoms with Gasteiger partial charge in [0.1, 0.15) is 0 Å². The number of nitro groups is 1. The minimum absolute atomic E-state index is 0.155. The molecule has 0 saturated heterocycles. The third-order valence-electron chi connectivity index (χ3n) is 2.75. The number of nitro benzene ring substituents is 1. The van der Waals surface area contributed by atoms with E-state index in [0.29, 0.717) is 0 Å². The molecule has 17 heavy (non-hydrogen) atoms. The monoisotopic (exact) mass is 344 g/mol. The molecular formula is C12H13IN2O2. The van der Waals surface area contributed by atoms with Gasteiger partial charge in [0.2, 0.25) is 0 Å². The third kappa shape index (κ3) is 2.77. The van der Waals surface area contributed by atoms with Crippen LogP contribution in [0.3, 0.4) is 0 Å². The van der Waals surface area contributed by atoms with Crippen LogP contribution in [0.15, 0.2) is 30.5 Å². The molecule has 4 nitrogen and oxygen atoms in total. The number of halogens is 1. The van der Waals surface area contributed by atoms with Gasteiger partial charge < -0.3 is 4.57 Å². The highest BCUT2D eigenvalue weighted by Gasteiger charge is 2.08. The van der Waals surface area contributed by atoms with Gasteiger partial charge in [-0.3, -0.25) is 10.1 Å². The number of benzene rings is 1. The number of nitrogens with zero attached hydrogens (tertiary/aromatic N) is 2. The molecule has 0 spiro atoms. The summed E-state index contributed by atoms with van der Waals surface area (Å²) in [6.45, 7) is 0.977. The lowest BCUT2D eigenvalue weighted by molar-refractivity contribution is -0.384. The van der Waals surface area contributed by atoms with Crippen molar-refractivity contribution in [2.24, 2.45) is 0 Å². The van der Waals surface area contributed by atoms with Crippen LogP contribution in [-0.4, -0.2) is 13.9 Å². The van der Waals surface area contributed by atoms with Gasteiger partial charge in [-0.05, 0) is 29.4 Å². The summed E-state index contributed by atoms with van der Waals surface area (Å²) in [5, 5.41) is 11.6. The molecule has 0 N–H and O–H groups in total. The van der Waals surface area contributed by atoms with E-state index < -0.39 is 0 Å². The van der Waals surface area contributed by atoms with Crippen molar-refractivity contribution in [1.29, 1.82) is 0 Å². The molecule has 0 amide bonds. The molecule has 0 aliphatic heterocycles. The van der Waals surface area contributed by atoms with Crippen molar-refractivity contribution in [2.75, 3.05) is 4.43 Å². The Kier molecular flexibility index (Phi) is 3.98. The number of aryl methyl sites for hydroxylation is 1. The first-order valence-electron chi connectivity index (χ1n) is 5.51. The third-order valence-corrected chi connectivity index (χ3v) is 3.51. The van der Waals surface area contributed by atoms with Gasteiger partial charge in [-0.15, -0.1) is 0 Å². The Morgan fingerprint density at radius 3 is 2.82 bits per heavy atom. The Hall–Kier alpha value is -1.11. The molecule has 0 atom stereocenters. The van der Waals surface area contributed by atoms with Crippen molar-refractivity contribution in [3.63, 3.8) is 0 Å². The molecule has 0 fully saturated rings. The number of non-ortho nitro benzene ring substituents is 1. The predicted molar refractivity (Wildman–Crippen MR) is 76.7 cm³/mol. The van der Waals surface area contributed by atoms with Crippen LogP contribution in [0.2, 0.25) is 0 Å². The highest BCUT2D eigenvalue weighted by molar-refractivity contribution is 14.1. The zero-order valence-corrected chi connectivity index (χ0v) is 11.5. The average molecular weight is 344 g/mol. The van der Waals surface area contributed by atoms with Gasteiger partial charge in [0.05, 0.1) is 4.92 Å². The summed E-state index contributed by atoms with van der Waals surface area (Å²) in [7, 11) is 0. The van der Waals surface area contributed by atoms with Gasteiger partial charge in [0, 0.05) is 35.8 Å². The maximum absolute atomic E-state index is 10.7. The van der Waals surface area contributed by atoms with E-state index in [9.17, 15) is 10.1 Å². The first-order valence-corrected chi connectivity index (χ1v) is 7.04. The maximum Gasteiger partial charge on any atom is 0.270 e. The number of alkyl halides is 1. The van der Waals surface area contributed by atoms with Crippen LogP contribution in [0.1, 0.15) is 12.8 Å². The Bertz CT molecular complexity index is 536. The first kappa shape index (κ1) is 12.3. The van der Waals surface area contributed by atoms with E-state index in [0.717, 1.165) is 23.9 Å². The standard InChI is InChI=1S/C12H13IN2O2/c13-6-1-2-7-14-8-5-10-9-11(15(16)17)3-4-12(10)14/h3-5,8-9H,1-2,6-7H2. The summed E-state index contributed by atoms with van der Waals surface area (Å²) >= 11 is 2.37. The van der Waals surface area contributed by atoms with Crippen molar-refractivity contribution in [3.05, 3.63) is 40.6 Å². The van der Waals surface area contributed by atoms with Gasteiger partial charge in [0.25, 0.3) is 5.69 Å². The number of aromatic nitrogens is 1. The van der Waals surface area contributed by atoms with E-state index in [-0.39, 0.29) is 10.6 Å². The van der Waals surface area contributed by atoms with Crippen LogP contribution in [0, 0.1) is 10.1 Å². The van der Waals surface area contributed by atoms with E-state index in [1.54, 1.807) is 12.1 Å². The zero-order chi connectivity index (χ0) is 12.3. The van der Waals surface area contributed by atoms with E-state index in [1.807, 2.05) is 18.3 Å². The molecule has 0 aliphatic rings. The highest BCUT2D eigenvalue weighted by Crippen LogP contribution is 2.22. The van der Waals surface area contributed by atoms with E-state index in [1.165, 1.54) is 10.8 Å². The molecule has 0 bridgehead atoms. The molecule has 2 rings (SSSR count). The number of unbranched alkanes of at least 4 members (excludes halogenated alkanes) is 1. The van der Waals surface area contributed by atoms with Gasteiger partial charge in [-0.2, -0.15) is 0 Å². The molecule has 1 aromatic heterocycles. The number of rotatable bonds is 5. The van der Waals surface area contributed by atoms with Gasteiger partial charge in [-0.25, -0.2) is 0 Å². The van der Waals surface area contributed by atoms with Gasteiger partial charge >= 0.3 is 0 Å². The quantitative estimate of drug-likeness (QED) is 0.273. The summed E-state index contributed by atoms with van der Waals surface area (Å²) in [6, 6.07) is 6.96. The lowest BCUT2D eigenvalue weighted by Gasteiger charge is -2.04. The van der Waals surface area contributed by atoms with Gasteiger partial charge in [0.15, 0.2) is 0 Å². The van der Waals surface area contributed by atoms with Crippen molar-refractivity contribution >= 4 is 39.2 Å². The van der Waals surface area contributed by atoms with Crippen LogP contribution >= 0.6 is 22.6 Å². The molecule has 5 heteroatoms. The number of hydrogen-bond donors (Lipinski definition) is 0. The molecule has 0 unspecified atom stereocenters. The summed E-state index contributed by atoms with van der Waals surface area (Å²) in [5.74, 6) is 0. The summed E-state index contributed by atoms with van der Waals surface area (Å²) in [4.78, 5) is 10.3. The summed E-state index contributed by atoms with van der Waals surface area (Å²) < 4.78 is 3.33. The summed E-state index contributed by atoms with van der Waals surface area (Å²) in [6.07, 6.45) is 4.35. The van der Waals surface area contributed by atoms with E-state index in [2.05, 4.69) is 27.2 Å². The second-order valence-corrected chi connectivity index (χ2v) is 4.98. The lowest BCUT2D eigenvalue weighted by atomic mass is 10.2. The van der Waals surface area contributed by atoms with E-state index >= 15 is 0 Å². The molecular weight excluding hydrogens is 331 g/mol. The van der Waals surface area contributed by atoms with Crippen LogP contribution in [0.4, 0.5) is 5.69 Å². The van der Waals surface area contributed by atoms with E-state index in [4.69, 9.17) is 0 Å². The van der Waals surface area contributed by atoms with Crippen molar-refractivity contribution in [3.8, 4) is 0 Å². The predicted octanol–water partition coefficient (Wildman–Crippen LogP) is 3.76. The normalized spacial score (nSPS) is 10.9. The molecule has 90 valence electrons. The Balaban J connectivity index is 2.25. The Morgan fingerprint density at radius 2 is 2.12 bits per heavy atom. The van der Waals surface area contributed by atoms with Crippen molar-refractivity contribution < 1.29 is 4.92 Å². The smallest absolute Gasteiger partial charge is 0.270 e. The molecule has 1 heterocycles. The number of hydrogen-bond acceptors (Lipinski definition) is 2. The second kappa shape index (κ2) is 5.48. The fourth-order valence-electron chi connectivity index (χ4n) is 1.87. The molecule has 0 aliphatic carbocycles. The fraction of sp³-hybridized carbons (Fsp3) is 0.333. The minimum Gasteiger partial charge on any atom is -0.347 e.